The number of anilines is 1. The predicted octanol–water partition coefficient (Wildman–Crippen LogP) is 3.40. The minimum atomic E-state index is -0.261. The van der Waals surface area contributed by atoms with Gasteiger partial charge in [0.2, 0.25) is 5.88 Å². The van der Waals surface area contributed by atoms with Crippen molar-refractivity contribution in [3.8, 4) is 5.88 Å². The average molecular weight is 440 g/mol. The highest BCUT2D eigenvalue weighted by Gasteiger charge is 2.34. The molecule has 2 aliphatic heterocycles. The molecule has 0 spiro atoms. The first-order valence-electron chi connectivity index (χ1n) is 11.3. The molecule has 2 fully saturated rings. The highest BCUT2D eigenvalue weighted by molar-refractivity contribution is 5.88. The number of pyridine rings is 1. The number of benzene rings is 1. The second-order valence-electron chi connectivity index (χ2n) is 9.24. The van der Waals surface area contributed by atoms with E-state index in [0.29, 0.717) is 30.0 Å². The zero-order valence-corrected chi connectivity index (χ0v) is 18.7. The fourth-order valence-corrected chi connectivity index (χ4v) is 4.87. The maximum atomic E-state index is 13.7. The Morgan fingerprint density at radius 3 is 2.88 bits per heavy atom. The van der Waals surface area contributed by atoms with E-state index >= 15 is 0 Å². The van der Waals surface area contributed by atoms with Gasteiger partial charge in [-0.3, -0.25) is 4.90 Å². The Labute approximate surface area is 187 Å². The average Bonchev–Trinajstić information content (AvgIpc) is 3.21. The van der Waals surface area contributed by atoms with Crippen LogP contribution in [0, 0.1) is 11.7 Å². The fourth-order valence-electron chi connectivity index (χ4n) is 4.87. The minimum Gasteiger partial charge on any atom is -0.477 e. The number of rotatable bonds is 6. The van der Waals surface area contributed by atoms with Gasteiger partial charge in [0.15, 0.2) is 11.4 Å². The quantitative estimate of drug-likeness (QED) is 0.583. The number of nitrogens with zero attached hydrogens (tertiary/aromatic N) is 5. The highest BCUT2D eigenvalue weighted by Crippen LogP contribution is 2.31. The van der Waals surface area contributed by atoms with Crippen LogP contribution in [0.4, 0.5) is 10.2 Å². The van der Waals surface area contributed by atoms with Gasteiger partial charge in [-0.05, 0) is 50.7 Å². The van der Waals surface area contributed by atoms with Crippen molar-refractivity contribution in [2.24, 2.45) is 5.92 Å². The third-order valence-corrected chi connectivity index (χ3v) is 6.48. The molecule has 0 bridgehead atoms. The van der Waals surface area contributed by atoms with E-state index in [0.717, 1.165) is 56.8 Å². The summed E-state index contributed by atoms with van der Waals surface area (Å²) in [5.74, 6) is 1.70. The zero-order chi connectivity index (χ0) is 22.1. The summed E-state index contributed by atoms with van der Waals surface area (Å²) in [6, 6.07) is 9.10. The van der Waals surface area contributed by atoms with E-state index in [-0.39, 0.29) is 5.82 Å². The lowest BCUT2D eigenvalue weighted by Gasteiger charge is -2.46. The number of ether oxygens (including phenoxy) is 1. The number of hydrogen-bond donors (Lipinski definition) is 0. The standard InChI is InChI=1S/C24H30FN5O2/c1-28(2)13-17-4-8-23(26-12-17)31-16-18-3-6-20-15-30(10-9-29(20)14-18)24-21-11-19(25)5-7-22(21)32-27-24/h4-5,7-8,11-12,18,20H,3,6,9-10,13-16H2,1-2H3/t18-,20+/m1/s1. The molecule has 2 saturated heterocycles. The molecule has 0 amide bonds. The zero-order valence-electron chi connectivity index (χ0n) is 18.7. The van der Waals surface area contributed by atoms with Crippen molar-refractivity contribution in [3.63, 3.8) is 0 Å². The molecule has 4 heterocycles. The van der Waals surface area contributed by atoms with Gasteiger partial charge in [-0.25, -0.2) is 9.37 Å². The molecular weight excluding hydrogens is 409 g/mol. The summed E-state index contributed by atoms with van der Waals surface area (Å²) in [6.45, 7) is 5.31. The topological polar surface area (TPSA) is 57.9 Å². The molecule has 2 aliphatic rings. The number of piperazine rings is 1. The summed E-state index contributed by atoms with van der Waals surface area (Å²) in [7, 11) is 4.10. The Bertz CT molecular complexity index is 1050. The van der Waals surface area contributed by atoms with E-state index in [2.05, 4.69) is 30.9 Å². The van der Waals surface area contributed by atoms with Crippen LogP contribution in [0.1, 0.15) is 18.4 Å². The van der Waals surface area contributed by atoms with Crippen molar-refractivity contribution >= 4 is 16.8 Å². The van der Waals surface area contributed by atoms with Gasteiger partial charge in [0.1, 0.15) is 5.82 Å². The third kappa shape index (κ3) is 4.56. The Hall–Kier alpha value is -2.71. The summed E-state index contributed by atoms with van der Waals surface area (Å²) < 4.78 is 25.1. The van der Waals surface area contributed by atoms with Gasteiger partial charge in [0, 0.05) is 56.9 Å². The Balaban J connectivity index is 1.15. The molecule has 1 aromatic carbocycles. The van der Waals surface area contributed by atoms with Gasteiger partial charge >= 0.3 is 0 Å². The predicted molar refractivity (Wildman–Crippen MR) is 121 cm³/mol. The molecule has 32 heavy (non-hydrogen) atoms. The van der Waals surface area contributed by atoms with E-state index in [1.165, 1.54) is 17.7 Å². The van der Waals surface area contributed by atoms with Crippen LogP contribution in [-0.2, 0) is 6.54 Å². The summed E-state index contributed by atoms with van der Waals surface area (Å²) in [6.07, 6.45) is 4.14. The van der Waals surface area contributed by atoms with E-state index in [1.54, 1.807) is 6.07 Å². The van der Waals surface area contributed by atoms with Crippen molar-refractivity contribution in [1.82, 2.24) is 19.9 Å². The fraction of sp³-hybridized carbons (Fsp3) is 0.500. The summed E-state index contributed by atoms with van der Waals surface area (Å²) in [5.41, 5.74) is 1.82. The monoisotopic (exact) mass is 439 g/mol. The van der Waals surface area contributed by atoms with E-state index in [9.17, 15) is 4.39 Å². The SMILES string of the molecule is CN(C)Cc1ccc(OC[C@@H]2CC[C@H]3CN(c4noc5ccc(F)cc45)CCN3C2)nc1. The molecule has 0 N–H and O–H groups in total. The van der Waals surface area contributed by atoms with Crippen LogP contribution < -0.4 is 9.64 Å². The van der Waals surface area contributed by atoms with Gasteiger partial charge in [-0.2, -0.15) is 0 Å². The molecule has 2 atom stereocenters. The Morgan fingerprint density at radius 1 is 1.16 bits per heavy atom. The van der Waals surface area contributed by atoms with Crippen LogP contribution in [0.5, 0.6) is 5.88 Å². The maximum absolute atomic E-state index is 13.7. The number of halogens is 1. The van der Waals surface area contributed by atoms with E-state index in [1.807, 2.05) is 26.4 Å². The first-order valence-corrected chi connectivity index (χ1v) is 11.3. The van der Waals surface area contributed by atoms with Gasteiger partial charge < -0.3 is 19.1 Å². The molecular formula is C24H30FN5O2. The number of aromatic nitrogens is 2. The van der Waals surface area contributed by atoms with Gasteiger partial charge in [-0.15, -0.1) is 0 Å². The Kier molecular flexibility index (Phi) is 5.97. The third-order valence-electron chi connectivity index (χ3n) is 6.48. The van der Waals surface area contributed by atoms with Crippen molar-refractivity contribution in [2.45, 2.75) is 25.4 Å². The molecule has 0 radical (unpaired) electrons. The second-order valence-corrected chi connectivity index (χ2v) is 9.24. The summed E-state index contributed by atoms with van der Waals surface area (Å²) >= 11 is 0. The Morgan fingerprint density at radius 2 is 2.06 bits per heavy atom. The summed E-state index contributed by atoms with van der Waals surface area (Å²) in [4.78, 5) is 11.4. The number of piperidine rings is 1. The lowest BCUT2D eigenvalue weighted by Crippen LogP contribution is -2.57. The van der Waals surface area contributed by atoms with E-state index in [4.69, 9.17) is 9.26 Å². The van der Waals surface area contributed by atoms with Crippen LogP contribution in [-0.4, -0.2) is 72.9 Å². The van der Waals surface area contributed by atoms with Crippen LogP contribution in [0.2, 0.25) is 0 Å². The number of hydrogen-bond acceptors (Lipinski definition) is 7. The van der Waals surface area contributed by atoms with Crippen molar-refractivity contribution in [2.75, 3.05) is 51.8 Å². The minimum absolute atomic E-state index is 0.261. The van der Waals surface area contributed by atoms with Crippen molar-refractivity contribution in [3.05, 3.63) is 47.9 Å². The smallest absolute Gasteiger partial charge is 0.213 e. The molecule has 8 heteroatoms. The first kappa shape index (κ1) is 21.2. The largest absolute Gasteiger partial charge is 0.477 e. The van der Waals surface area contributed by atoms with Crippen LogP contribution >= 0.6 is 0 Å². The second kappa shape index (κ2) is 9.03. The molecule has 5 rings (SSSR count). The summed E-state index contributed by atoms with van der Waals surface area (Å²) in [5, 5.41) is 4.99. The van der Waals surface area contributed by atoms with E-state index < -0.39 is 0 Å². The van der Waals surface area contributed by atoms with Crippen LogP contribution in [0.15, 0.2) is 41.1 Å². The molecule has 170 valence electrons. The molecule has 0 saturated carbocycles. The highest BCUT2D eigenvalue weighted by atomic mass is 19.1. The van der Waals surface area contributed by atoms with Crippen molar-refractivity contribution in [1.29, 1.82) is 0 Å². The first-order chi connectivity index (χ1) is 15.5. The van der Waals surface area contributed by atoms with Crippen molar-refractivity contribution < 1.29 is 13.7 Å². The molecule has 0 unspecified atom stereocenters. The molecule has 3 aromatic rings. The van der Waals surface area contributed by atoms with Gasteiger partial charge in [0.05, 0.1) is 12.0 Å². The molecule has 2 aromatic heterocycles. The number of fused-ring (bicyclic) bond motifs is 2. The lowest BCUT2D eigenvalue weighted by atomic mass is 9.91. The molecule has 0 aliphatic carbocycles. The van der Waals surface area contributed by atoms with Crippen LogP contribution in [0.3, 0.4) is 0 Å². The maximum Gasteiger partial charge on any atom is 0.213 e. The molecule has 7 nitrogen and oxygen atoms in total. The van der Waals surface area contributed by atoms with Gasteiger partial charge in [0.25, 0.3) is 0 Å². The normalized spacial score (nSPS) is 21.8. The van der Waals surface area contributed by atoms with Crippen LogP contribution in [0.25, 0.3) is 11.0 Å². The van der Waals surface area contributed by atoms with Gasteiger partial charge in [-0.1, -0.05) is 11.2 Å². The lowest BCUT2D eigenvalue weighted by molar-refractivity contribution is 0.0716.